The molecule has 2 saturated carbocycles. The molecule has 0 spiro atoms. The SMILES string of the molecule is S=c1cc(-c2ccc(C3CCC3)cc2)[nH]c(C2CC2)n1. The van der Waals surface area contributed by atoms with Crippen molar-refractivity contribution in [2.24, 2.45) is 0 Å². The van der Waals surface area contributed by atoms with Gasteiger partial charge in [0.15, 0.2) is 0 Å². The lowest BCUT2D eigenvalue weighted by Gasteiger charge is -2.25. The smallest absolute Gasteiger partial charge is 0.130 e. The average molecular weight is 282 g/mol. The van der Waals surface area contributed by atoms with Crippen molar-refractivity contribution in [3.05, 3.63) is 46.4 Å². The molecule has 102 valence electrons. The molecule has 0 saturated heterocycles. The van der Waals surface area contributed by atoms with Crippen molar-refractivity contribution >= 4 is 12.2 Å². The van der Waals surface area contributed by atoms with Crippen LogP contribution in [0.5, 0.6) is 0 Å². The fourth-order valence-electron chi connectivity index (χ4n) is 2.86. The number of hydrogen-bond acceptors (Lipinski definition) is 2. The molecule has 2 aromatic rings. The molecule has 1 heterocycles. The molecule has 0 bridgehead atoms. The van der Waals surface area contributed by atoms with E-state index in [0.717, 1.165) is 17.4 Å². The molecule has 20 heavy (non-hydrogen) atoms. The van der Waals surface area contributed by atoms with E-state index >= 15 is 0 Å². The van der Waals surface area contributed by atoms with E-state index in [1.54, 1.807) is 0 Å². The molecule has 0 amide bonds. The van der Waals surface area contributed by atoms with Gasteiger partial charge in [-0.3, -0.25) is 0 Å². The van der Waals surface area contributed by atoms with Crippen LogP contribution in [0.2, 0.25) is 0 Å². The number of nitrogens with zero attached hydrogens (tertiary/aromatic N) is 1. The Labute approximate surface area is 124 Å². The molecule has 0 radical (unpaired) electrons. The Morgan fingerprint density at radius 1 is 1.00 bits per heavy atom. The zero-order valence-electron chi connectivity index (χ0n) is 11.4. The molecular formula is C17H18N2S. The van der Waals surface area contributed by atoms with E-state index in [2.05, 4.69) is 34.2 Å². The zero-order valence-corrected chi connectivity index (χ0v) is 12.2. The van der Waals surface area contributed by atoms with Gasteiger partial charge in [0.25, 0.3) is 0 Å². The summed E-state index contributed by atoms with van der Waals surface area (Å²) in [6.07, 6.45) is 6.56. The van der Waals surface area contributed by atoms with E-state index in [9.17, 15) is 0 Å². The maximum Gasteiger partial charge on any atom is 0.130 e. The van der Waals surface area contributed by atoms with Gasteiger partial charge in [-0.25, -0.2) is 4.98 Å². The van der Waals surface area contributed by atoms with Gasteiger partial charge in [-0.2, -0.15) is 0 Å². The molecule has 2 aliphatic rings. The number of aromatic nitrogens is 2. The lowest BCUT2D eigenvalue weighted by Crippen LogP contribution is -2.08. The van der Waals surface area contributed by atoms with Crippen LogP contribution in [-0.2, 0) is 0 Å². The minimum atomic E-state index is 0.603. The number of rotatable bonds is 3. The molecule has 2 nitrogen and oxygen atoms in total. The highest BCUT2D eigenvalue weighted by atomic mass is 32.1. The number of hydrogen-bond donors (Lipinski definition) is 1. The van der Waals surface area contributed by atoms with E-state index in [1.807, 2.05) is 6.07 Å². The van der Waals surface area contributed by atoms with Gasteiger partial charge < -0.3 is 4.98 Å². The second-order valence-electron chi connectivity index (χ2n) is 6.04. The minimum Gasteiger partial charge on any atom is -0.343 e. The monoisotopic (exact) mass is 282 g/mol. The predicted molar refractivity (Wildman–Crippen MR) is 83.4 cm³/mol. The quantitative estimate of drug-likeness (QED) is 0.807. The molecule has 0 aliphatic heterocycles. The minimum absolute atomic E-state index is 0.603. The van der Waals surface area contributed by atoms with Gasteiger partial charge in [0.1, 0.15) is 10.5 Å². The summed E-state index contributed by atoms with van der Waals surface area (Å²) in [6.45, 7) is 0. The van der Waals surface area contributed by atoms with E-state index in [-0.39, 0.29) is 0 Å². The Kier molecular flexibility index (Phi) is 2.95. The van der Waals surface area contributed by atoms with E-state index < -0.39 is 0 Å². The van der Waals surface area contributed by atoms with Crippen LogP contribution in [0.15, 0.2) is 30.3 Å². The normalized spacial score (nSPS) is 18.8. The third kappa shape index (κ3) is 2.31. The van der Waals surface area contributed by atoms with Crippen LogP contribution in [0, 0.1) is 4.64 Å². The van der Waals surface area contributed by atoms with Crippen molar-refractivity contribution in [3.63, 3.8) is 0 Å². The van der Waals surface area contributed by atoms with Crippen molar-refractivity contribution in [1.29, 1.82) is 0 Å². The molecular weight excluding hydrogens is 264 g/mol. The zero-order chi connectivity index (χ0) is 13.5. The summed E-state index contributed by atoms with van der Waals surface area (Å²) in [6, 6.07) is 10.9. The molecule has 2 fully saturated rings. The molecule has 3 heteroatoms. The molecule has 1 N–H and O–H groups in total. The highest BCUT2D eigenvalue weighted by Crippen LogP contribution is 2.39. The second kappa shape index (κ2) is 4.81. The Morgan fingerprint density at radius 2 is 1.75 bits per heavy atom. The Balaban J connectivity index is 1.67. The summed E-state index contributed by atoms with van der Waals surface area (Å²) >= 11 is 5.30. The second-order valence-corrected chi connectivity index (χ2v) is 6.46. The van der Waals surface area contributed by atoms with Gasteiger partial charge in [0, 0.05) is 11.6 Å². The number of H-pyrrole nitrogens is 1. The number of benzene rings is 1. The predicted octanol–water partition coefficient (Wildman–Crippen LogP) is 4.95. The number of aromatic amines is 1. The van der Waals surface area contributed by atoms with Crippen LogP contribution in [0.1, 0.15) is 55.3 Å². The van der Waals surface area contributed by atoms with Crippen molar-refractivity contribution in [2.45, 2.75) is 43.9 Å². The van der Waals surface area contributed by atoms with Crippen LogP contribution in [0.4, 0.5) is 0 Å². The van der Waals surface area contributed by atoms with Gasteiger partial charge in [-0.15, -0.1) is 0 Å². The fraction of sp³-hybridized carbons (Fsp3) is 0.412. The summed E-state index contributed by atoms with van der Waals surface area (Å²) < 4.78 is 0.698. The molecule has 1 aromatic heterocycles. The molecule has 2 aliphatic carbocycles. The van der Waals surface area contributed by atoms with E-state index in [4.69, 9.17) is 12.2 Å². The summed E-state index contributed by atoms with van der Waals surface area (Å²) in [5, 5.41) is 0. The summed E-state index contributed by atoms with van der Waals surface area (Å²) in [4.78, 5) is 7.91. The van der Waals surface area contributed by atoms with Crippen molar-refractivity contribution in [2.75, 3.05) is 0 Å². The lowest BCUT2D eigenvalue weighted by molar-refractivity contribution is 0.420. The van der Waals surface area contributed by atoms with E-state index in [0.29, 0.717) is 10.6 Å². The maximum absolute atomic E-state index is 5.30. The third-order valence-corrected chi connectivity index (χ3v) is 4.73. The van der Waals surface area contributed by atoms with Crippen LogP contribution in [-0.4, -0.2) is 9.97 Å². The first-order valence-corrected chi connectivity index (χ1v) is 7.92. The topological polar surface area (TPSA) is 28.7 Å². The van der Waals surface area contributed by atoms with Gasteiger partial charge in [0.2, 0.25) is 0 Å². The van der Waals surface area contributed by atoms with Crippen LogP contribution >= 0.6 is 12.2 Å². The molecule has 0 atom stereocenters. The molecule has 0 unspecified atom stereocenters. The molecule has 1 aromatic carbocycles. The Bertz CT molecular complexity index is 679. The summed E-state index contributed by atoms with van der Waals surface area (Å²) in [5.74, 6) is 2.46. The first-order chi connectivity index (χ1) is 9.79. The van der Waals surface area contributed by atoms with Crippen LogP contribution < -0.4 is 0 Å². The highest BCUT2D eigenvalue weighted by molar-refractivity contribution is 7.71. The van der Waals surface area contributed by atoms with Crippen molar-refractivity contribution in [3.8, 4) is 11.3 Å². The average Bonchev–Trinajstić information content (AvgIpc) is 3.21. The van der Waals surface area contributed by atoms with Gasteiger partial charge in [-0.05, 0) is 48.8 Å². The first kappa shape index (κ1) is 12.3. The maximum atomic E-state index is 5.30. The van der Waals surface area contributed by atoms with Crippen molar-refractivity contribution in [1.82, 2.24) is 9.97 Å². The van der Waals surface area contributed by atoms with Crippen LogP contribution in [0.3, 0.4) is 0 Å². The fourth-order valence-corrected chi connectivity index (χ4v) is 3.07. The van der Waals surface area contributed by atoms with Gasteiger partial charge >= 0.3 is 0 Å². The number of nitrogens with one attached hydrogen (secondary N) is 1. The highest BCUT2D eigenvalue weighted by Gasteiger charge is 2.26. The third-order valence-electron chi connectivity index (χ3n) is 4.52. The Hall–Kier alpha value is -1.48. The van der Waals surface area contributed by atoms with Gasteiger partial charge in [0.05, 0.1) is 0 Å². The summed E-state index contributed by atoms with van der Waals surface area (Å²) in [5.41, 5.74) is 3.80. The van der Waals surface area contributed by atoms with E-state index in [1.165, 1.54) is 43.2 Å². The van der Waals surface area contributed by atoms with Crippen LogP contribution in [0.25, 0.3) is 11.3 Å². The van der Waals surface area contributed by atoms with Crippen molar-refractivity contribution < 1.29 is 0 Å². The largest absolute Gasteiger partial charge is 0.343 e. The molecule has 4 rings (SSSR count). The summed E-state index contributed by atoms with van der Waals surface area (Å²) in [7, 11) is 0. The van der Waals surface area contributed by atoms with Gasteiger partial charge in [-0.1, -0.05) is 42.9 Å². The Morgan fingerprint density at radius 3 is 2.35 bits per heavy atom. The lowest BCUT2D eigenvalue weighted by atomic mass is 9.80. The first-order valence-electron chi connectivity index (χ1n) is 7.51. The standard InChI is InChI=1S/C17H18N2S/c20-16-10-15(18-17(19-16)14-8-9-14)13-6-4-12(5-7-13)11-2-1-3-11/h4-7,10-11,14H,1-3,8-9H2,(H,18,19,20).